The van der Waals surface area contributed by atoms with E-state index in [9.17, 15) is 5.26 Å². The van der Waals surface area contributed by atoms with E-state index in [0.29, 0.717) is 5.56 Å². The molecule has 0 saturated heterocycles. The fourth-order valence-electron chi connectivity index (χ4n) is 11.7. The normalized spacial score (nSPS) is 11.6. The molecule has 0 bridgehead atoms. The molecule has 3 heterocycles. The molecular weight excluding hydrogens is 873 g/mol. The number of aromatic nitrogens is 3. The van der Waals surface area contributed by atoms with Crippen molar-refractivity contribution in [2.24, 2.45) is 0 Å². The standard InChI is InChI=1S/C68H54N4/c1-40-21-41(2)26-53(25-40)49-10-15-64-59(34-49)60-35-50(54-27-42(3)22-43(4)28-54)11-16-65(60)71(64)63-14-9-48(38-69)33-58(63)57-19-20-70-39-68(57)72-66-17-12-51(55-29-44(5)23-45(6)30-55)36-61(66)62-37-52(13-18-67(62)72)56-31-46(7)24-47(8)32-56/h9-37,39H,1-8H3. The van der Waals surface area contributed by atoms with Gasteiger partial charge in [0.2, 0.25) is 0 Å². The van der Waals surface area contributed by atoms with E-state index in [1.165, 1.54) is 99.8 Å². The van der Waals surface area contributed by atoms with Gasteiger partial charge in [-0.2, -0.15) is 5.26 Å². The van der Waals surface area contributed by atoms with Crippen LogP contribution < -0.4 is 0 Å². The number of hydrogen-bond donors (Lipinski definition) is 0. The highest BCUT2D eigenvalue weighted by molar-refractivity contribution is 6.14. The van der Waals surface area contributed by atoms with E-state index in [0.717, 1.165) is 55.3 Å². The van der Waals surface area contributed by atoms with Gasteiger partial charge in [-0.25, -0.2) is 0 Å². The first-order valence-electron chi connectivity index (χ1n) is 24.9. The van der Waals surface area contributed by atoms with Crippen LogP contribution in [0.25, 0.3) is 111 Å². The molecular formula is C68H54N4. The lowest BCUT2D eigenvalue weighted by atomic mass is 9.97. The van der Waals surface area contributed by atoms with Crippen molar-refractivity contribution in [3.63, 3.8) is 0 Å². The van der Waals surface area contributed by atoms with E-state index in [4.69, 9.17) is 4.98 Å². The molecule has 0 aliphatic rings. The fraction of sp³-hybridized carbons (Fsp3) is 0.118. The quantitative estimate of drug-likeness (QED) is 0.160. The molecule has 0 saturated carbocycles. The van der Waals surface area contributed by atoms with Crippen LogP contribution >= 0.6 is 0 Å². The molecule has 0 radical (unpaired) electrons. The number of rotatable bonds is 7. The van der Waals surface area contributed by atoms with E-state index in [1.54, 1.807) is 0 Å². The van der Waals surface area contributed by atoms with E-state index < -0.39 is 0 Å². The maximum atomic E-state index is 10.6. The predicted octanol–water partition coefficient (Wildman–Crippen LogP) is 17.9. The van der Waals surface area contributed by atoms with Gasteiger partial charge in [-0.1, -0.05) is 142 Å². The van der Waals surface area contributed by atoms with Gasteiger partial charge in [0.05, 0.1) is 51.3 Å². The Morgan fingerprint density at radius 3 is 0.986 bits per heavy atom. The number of nitriles is 1. The minimum absolute atomic E-state index is 0.588. The molecule has 346 valence electrons. The Balaban J connectivity index is 1.12. The summed E-state index contributed by atoms with van der Waals surface area (Å²) in [5.74, 6) is 0. The Labute approximate surface area is 421 Å². The van der Waals surface area contributed by atoms with Gasteiger partial charge in [-0.3, -0.25) is 4.98 Å². The predicted molar refractivity (Wildman–Crippen MR) is 303 cm³/mol. The van der Waals surface area contributed by atoms with Crippen molar-refractivity contribution in [3.8, 4) is 73.1 Å². The summed E-state index contributed by atoms with van der Waals surface area (Å²) in [6.45, 7) is 17.4. The summed E-state index contributed by atoms with van der Waals surface area (Å²) >= 11 is 0. The van der Waals surface area contributed by atoms with Gasteiger partial charge >= 0.3 is 0 Å². The van der Waals surface area contributed by atoms with E-state index in [2.05, 4.69) is 234 Å². The van der Waals surface area contributed by atoms with Gasteiger partial charge in [0, 0.05) is 38.9 Å². The second-order valence-corrected chi connectivity index (χ2v) is 20.3. The first-order valence-corrected chi connectivity index (χ1v) is 24.9. The lowest BCUT2D eigenvalue weighted by molar-refractivity contribution is 1.13. The van der Waals surface area contributed by atoms with Crippen LogP contribution in [0.1, 0.15) is 50.1 Å². The number of hydrogen-bond acceptors (Lipinski definition) is 2. The topological polar surface area (TPSA) is 46.5 Å². The summed E-state index contributed by atoms with van der Waals surface area (Å²) in [4.78, 5) is 4.85. The minimum atomic E-state index is 0.588. The van der Waals surface area contributed by atoms with Crippen molar-refractivity contribution in [3.05, 3.63) is 232 Å². The van der Waals surface area contributed by atoms with E-state index >= 15 is 0 Å². The molecule has 0 fully saturated rings. The summed E-state index contributed by atoms with van der Waals surface area (Å²) in [7, 11) is 0. The highest BCUT2D eigenvalue weighted by atomic mass is 15.0. The Bertz CT molecular complexity index is 3970. The number of benzene rings is 9. The molecule has 72 heavy (non-hydrogen) atoms. The molecule has 0 aliphatic carbocycles. The second kappa shape index (κ2) is 17.3. The van der Waals surface area contributed by atoms with Crippen LogP contribution in [0.3, 0.4) is 0 Å². The van der Waals surface area contributed by atoms with Gasteiger partial charge in [0.15, 0.2) is 0 Å². The van der Waals surface area contributed by atoms with Crippen molar-refractivity contribution in [2.45, 2.75) is 55.4 Å². The Kier molecular flexibility index (Phi) is 10.7. The lowest BCUT2D eigenvalue weighted by Crippen LogP contribution is -2.02. The number of aryl methyl sites for hydroxylation is 8. The zero-order valence-corrected chi connectivity index (χ0v) is 42.1. The third kappa shape index (κ3) is 7.75. The van der Waals surface area contributed by atoms with Crippen molar-refractivity contribution in [1.29, 1.82) is 5.26 Å². The summed E-state index contributed by atoms with van der Waals surface area (Å²) in [5, 5.41) is 15.3. The van der Waals surface area contributed by atoms with Crippen LogP contribution in [0.4, 0.5) is 0 Å². The Hall–Kier alpha value is -8.78. The first kappa shape index (κ1) is 44.4. The maximum Gasteiger partial charge on any atom is 0.0991 e. The van der Waals surface area contributed by atoms with E-state index in [1.807, 2.05) is 18.5 Å². The molecule has 4 heteroatoms. The summed E-state index contributed by atoms with van der Waals surface area (Å²) in [6.07, 6.45) is 3.87. The largest absolute Gasteiger partial charge is 0.309 e. The third-order valence-corrected chi connectivity index (χ3v) is 14.4. The molecule has 0 unspecified atom stereocenters. The molecule has 0 amide bonds. The monoisotopic (exact) mass is 926 g/mol. The van der Waals surface area contributed by atoms with Crippen molar-refractivity contribution < 1.29 is 0 Å². The maximum absolute atomic E-state index is 10.6. The number of fused-ring (bicyclic) bond motifs is 6. The molecule has 0 N–H and O–H groups in total. The first-order chi connectivity index (χ1) is 34.8. The van der Waals surface area contributed by atoms with Crippen molar-refractivity contribution >= 4 is 43.6 Å². The zero-order chi connectivity index (χ0) is 49.5. The summed E-state index contributed by atoms with van der Waals surface area (Å²) < 4.78 is 4.78. The van der Waals surface area contributed by atoms with Crippen LogP contribution in [0.15, 0.2) is 182 Å². The van der Waals surface area contributed by atoms with Crippen LogP contribution in [0.2, 0.25) is 0 Å². The van der Waals surface area contributed by atoms with E-state index in [-0.39, 0.29) is 0 Å². The Morgan fingerprint density at radius 1 is 0.319 bits per heavy atom. The van der Waals surface area contributed by atoms with Gasteiger partial charge in [-0.05, 0) is 173 Å². The lowest BCUT2D eigenvalue weighted by Gasteiger charge is -2.19. The molecule has 3 aromatic heterocycles. The van der Waals surface area contributed by atoms with Gasteiger partial charge < -0.3 is 9.13 Å². The Morgan fingerprint density at radius 2 is 0.653 bits per heavy atom. The van der Waals surface area contributed by atoms with Crippen LogP contribution in [-0.4, -0.2) is 14.1 Å². The third-order valence-electron chi connectivity index (χ3n) is 14.4. The van der Waals surface area contributed by atoms with Crippen LogP contribution in [0.5, 0.6) is 0 Å². The fourth-order valence-corrected chi connectivity index (χ4v) is 11.7. The molecule has 0 spiro atoms. The molecule has 0 atom stereocenters. The second-order valence-electron chi connectivity index (χ2n) is 20.3. The van der Waals surface area contributed by atoms with Crippen LogP contribution in [-0.2, 0) is 0 Å². The van der Waals surface area contributed by atoms with Gasteiger partial charge in [0.25, 0.3) is 0 Å². The van der Waals surface area contributed by atoms with Crippen molar-refractivity contribution in [1.82, 2.24) is 14.1 Å². The molecule has 4 nitrogen and oxygen atoms in total. The SMILES string of the molecule is Cc1cc(C)cc(-c2ccc3c(c2)c2cc(-c4cc(C)cc(C)c4)ccc2n3-c2ccc(C#N)cc2-c2ccncc2-n2c3ccc(-c4cc(C)cc(C)c4)cc3c3cc(-c4cc(C)cc(C)c4)ccc32)c1. The average Bonchev–Trinajstić information content (AvgIpc) is 3.86. The number of pyridine rings is 1. The van der Waals surface area contributed by atoms with Crippen molar-refractivity contribution in [2.75, 3.05) is 0 Å². The zero-order valence-electron chi connectivity index (χ0n) is 42.1. The molecule has 12 aromatic rings. The number of nitrogens with zero attached hydrogens (tertiary/aromatic N) is 4. The average molecular weight is 927 g/mol. The highest BCUT2D eigenvalue weighted by Gasteiger charge is 2.23. The molecule has 9 aromatic carbocycles. The summed E-state index contributed by atoms with van der Waals surface area (Å²) in [6, 6.07) is 65.5. The smallest absolute Gasteiger partial charge is 0.0991 e. The molecule has 12 rings (SSSR count). The summed E-state index contributed by atoms with van der Waals surface area (Å²) in [5.41, 5.74) is 28.2. The van der Waals surface area contributed by atoms with Crippen LogP contribution in [0, 0.1) is 66.7 Å². The van der Waals surface area contributed by atoms with Gasteiger partial charge in [0.1, 0.15) is 0 Å². The molecule has 0 aliphatic heterocycles. The van der Waals surface area contributed by atoms with Gasteiger partial charge in [-0.15, -0.1) is 0 Å². The highest BCUT2D eigenvalue weighted by Crippen LogP contribution is 2.44. The minimum Gasteiger partial charge on any atom is -0.309 e.